The lowest BCUT2D eigenvalue weighted by Crippen LogP contribution is -2.43. The van der Waals surface area contributed by atoms with Crippen molar-refractivity contribution in [3.63, 3.8) is 0 Å². The van der Waals surface area contributed by atoms with Crippen LogP contribution >= 0.6 is 0 Å². The molecule has 2 aromatic carbocycles. The summed E-state index contributed by atoms with van der Waals surface area (Å²) < 4.78 is 57.8. The first-order valence-corrected chi connectivity index (χ1v) is 14.4. The molecule has 0 saturated carbocycles. The second kappa shape index (κ2) is 12.2. The van der Waals surface area contributed by atoms with Gasteiger partial charge in [-0.15, -0.1) is 6.42 Å². The van der Waals surface area contributed by atoms with Crippen LogP contribution in [-0.4, -0.2) is 87.6 Å². The van der Waals surface area contributed by atoms with Crippen LogP contribution in [0.2, 0.25) is 0 Å². The van der Waals surface area contributed by atoms with Gasteiger partial charge in [0.15, 0.2) is 5.82 Å². The van der Waals surface area contributed by atoms with E-state index in [0.717, 1.165) is 19.4 Å². The Bertz CT molecular complexity index is 1950. The van der Waals surface area contributed by atoms with Crippen molar-refractivity contribution in [2.75, 3.05) is 44.3 Å². The Morgan fingerprint density at radius 1 is 1.22 bits per heavy atom. The van der Waals surface area contributed by atoms with E-state index in [9.17, 15) is 19.1 Å². The van der Waals surface area contributed by atoms with E-state index >= 15 is 4.39 Å². The zero-order valence-corrected chi connectivity index (χ0v) is 24.3. The summed E-state index contributed by atoms with van der Waals surface area (Å²) in [5.41, 5.74) is -1.04. The molecule has 0 unspecified atom stereocenters. The number of aromatic nitrogens is 3. The van der Waals surface area contributed by atoms with Gasteiger partial charge in [0.2, 0.25) is 5.88 Å². The van der Waals surface area contributed by atoms with E-state index in [-0.39, 0.29) is 89.3 Å². The number of aromatic hydroxyl groups is 1. The van der Waals surface area contributed by atoms with Gasteiger partial charge < -0.3 is 24.6 Å². The maximum absolute atomic E-state index is 16.7. The average molecular weight is 633 g/mol. The van der Waals surface area contributed by atoms with Crippen molar-refractivity contribution >= 4 is 34.0 Å². The highest BCUT2D eigenvalue weighted by atomic mass is 19.1. The Balaban J connectivity index is 0.00000119. The number of anilines is 1. The third-order valence-corrected chi connectivity index (χ3v) is 8.56. The van der Waals surface area contributed by atoms with Gasteiger partial charge in [-0.2, -0.15) is 15.2 Å². The number of nitrogens with zero attached hydrogens (tertiary/aromatic N) is 6. The van der Waals surface area contributed by atoms with Crippen LogP contribution < -0.4 is 14.4 Å². The van der Waals surface area contributed by atoms with E-state index in [4.69, 9.17) is 25.8 Å². The largest absolute Gasteiger partial charge is 0.508 e. The maximum Gasteiger partial charge on any atom is 0.319 e. The number of nitriles is 1. The third-order valence-electron chi connectivity index (χ3n) is 8.56. The van der Waals surface area contributed by atoms with Crippen LogP contribution in [0.5, 0.6) is 17.6 Å². The molecule has 4 aromatic rings. The maximum atomic E-state index is 16.7. The summed E-state index contributed by atoms with van der Waals surface area (Å²) in [5.74, 6) is 0.734. The number of terminal acetylenes is 1. The molecule has 14 heteroatoms. The number of rotatable bonds is 5. The Kier molecular flexibility index (Phi) is 8.15. The third kappa shape index (κ3) is 5.20. The van der Waals surface area contributed by atoms with Gasteiger partial charge in [0.25, 0.3) is 6.47 Å². The monoisotopic (exact) mass is 632 g/mol. The Labute approximate surface area is 260 Å². The van der Waals surface area contributed by atoms with Gasteiger partial charge in [0.05, 0.1) is 23.7 Å². The molecular weight excluding hydrogens is 605 g/mol. The van der Waals surface area contributed by atoms with Gasteiger partial charge in [-0.3, -0.25) is 9.69 Å². The van der Waals surface area contributed by atoms with Crippen LogP contribution in [0.4, 0.5) is 19.0 Å². The number of carbonyl (C=O) groups is 1. The predicted molar refractivity (Wildman–Crippen MR) is 160 cm³/mol. The molecule has 2 fully saturated rings. The number of alkyl halides is 1. The number of benzene rings is 2. The molecule has 3 aliphatic rings. The molecule has 0 amide bonds. The molecule has 3 aliphatic heterocycles. The summed E-state index contributed by atoms with van der Waals surface area (Å²) in [5, 5.41) is 27.6. The number of fused-ring (bicyclic) bond motifs is 2. The van der Waals surface area contributed by atoms with Crippen LogP contribution in [-0.2, 0) is 4.79 Å². The van der Waals surface area contributed by atoms with Gasteiger partial charge in [0, 0.05) is 23.9 Å². The molecule has 2 atom stereocenters. The topological polar surface area (TPSA) is 145 Å². The standard InChI is InChI=1S/C31H25F3N6O3.CH2O2/c1-2-20-22(33)5-4-17-12-19(41)13-21(23(17)20)26-25(34)27-24-28(39(9-7-35)10-11-42-29(24)36-26)38-30(37-27)43-16-31-6-3-8-40(31)15-18(32)14-31;2-1-3/h1,4-5,12-13,18,41H,3,6,8-11,14-16H2;1H,(H,2,3)/t18-,31+;/m1./s1. The molecule has 0 bridgehead atoms. The Morgan fingerprint density at radius 2 is 2.02 bits per heavy atom. The van der Waals surface area contributed by atoms with E-state index < -0.39 is 23.3 Å². The number of hydrogen-bond donors (Lipinski definition) is 2. The normalized spacial score (nSPS) is 20.2. The summed E-state index contributed by atoms with van der Waals surface area (Å²) in [4.78, 5) is 25.5. The summed E-state index contributed by atoms with van der Waals surface area (Å²) in [6, 6.07) is 7.21. The van der Waals surface area contributed by atoms with Crippen molar-refractivity contribution in [1.82, 2.24) is 19.9 Å². The molecule has 0 aliphatic carbocycles. The molecule has 2 N–H and O–H groups in total. The fourth-order valence-corrected chi connectivity index (χ4v) is 6.68. The van der Waals surface area contributed by atoms with Crippen LogP contribution in [0.1, 0.15) is 24.8 Å². The summed E-state index contributed by atoms with van der Waals surface area (Å²) >= 11 is 0. The smallest absolute Gasteiger partial charge is 0.319 e. The van der Waals surface area contributed by atoms with Crippen molar-refractivity contribution in [1.29, 1.82) is 5.26 Å². The molecule has 0 spiro atoms. The number of pyridine rings is 1. The lowest BCUT2D eigenvalue weighted by atomic mass is 9.95. The first kappa shape index (κ1) is 30.7. The fraction of sp³-hybridized carbons (Fsp3) is 0.344. The van der Waals surface area contributed by atoms with Crippen molar-refractivity contribution in [3.8, 4) is 47.3 Å². The highest BCUT2D eigenvalue weighted by Crippen LogP contribution is 2.44. The van der Waals surface area contributed by atoms with Crippen LogP contribution in [0, 0.1) is 35.3 Å². The Morgan fingerprint density at radius 3 is 2.78 bits per heavy atom. The van der Waals surface area contributed by atoms with Gasteiger partial charge in [-0.05, 0) is 43.0 Å². The number of phenolic OH excluding ortho intramolecular Hbond substituents is 1. The molecule has 46 heavy (non-hydrogen) atoms. The van der Waals surface area contributed by atoms with Crippen molar-refractivity contribution in [3.05, 3.63) is 41.5 Å². The number of hydrogen-bond acceptors (Lipinski definition) is 10. The van der Waals surface area contributed by atoms with E-state index in [2.05, 4.69) is 31.8 Å². The molecule has 2 saturated heterocycles. The average Bonchev–Trinajstić information content (AvgIpc) is 3.50. The molecule has 2 aromatic heterocycles. The van der Waals surface area contributed by atoms with Gasteiger partial charge in [-0.1, -0.05) is 12.0 Å². The first-order chi connectivity index (χ1) is 22.2. The predicted octanol–water partition coefficient (Wildman–Crippen LogP) is 4.19. The van der Waals surface area contributed by atoms with E-state index in [1.807, 2.05) is 0 Å². The summed E-state index contributed by atoms with van der Waals surface area (Å²) in [7, 11) is 0. The van der Waals surface area contributed by atoms with Crippen molar-refractivity contribution < 1.29 is 37.7 Å². The minimum atomic E-state index is -0.960. The number of phenols is 1. The summed E-state index contributed by atoms with van der Waals surface area (Å²) in [6.07, 6.45) is 6.68. The summed E-state index contributed by atoms with van der Waals surface area (Å²) in [6.45, 7) is 1.25. The molecule has 5 heterocycles. The van der Waals surface area contributed by atoms with Gasteiger partial charge in [-0.25, -0.2) is 18.2 Å². The molecule has 0 radical (unpaired) electrons. The SMILES string of the molecule is C#Cc1c(F)ccc2cc(O)cc(-c3nc4c5c(nc(OC[C@@]67CCCN6C[C@H](F)C7)nc5c3F)N(CC#N)CCO4)c12.O=CO. The quantitative estimate of drug-likeness (QED) is 0.186. The van der Waals surface area contributed by atoms with Gasteiger partial charge >= 0.3 is 6.01 Å². The van der Waals surface area contributed by atoms with Gasteiger partial charge in [0.1, 0.15) is 59.9 Å². The minimum Gasteiger partial charge on any atom is -0.508 e. The fourth-order valence-electron chi connectivity index (χ4n) is 6.68. The van der Waals surface area contributed by atoms with Crippen molar-refractivity contribution in [2.45, 2.75) is 31.0 Å². The molecule has 11 nitrogen and oxygen atoms in total. The van der Waals surface area contributed by atoms with Crippen LogP contribution in [0.25, 0.3) is 32.9 Å². The highest BCUT2D eigenvalue weighted by molar-refractivity contribution is 6.04. The van der Waals surface area contributed by atoms with E-state index in [1.165, 1.54) is 24.3 Å². The highest BCUT2D eigenvalue weighted by Gasteiger charge is 2.49. The number of ether oxygens (including phenoxy) is 2. The number of carboxylic acid groups (broad SMARTS) is 1. The minimum absolute atomic E-state index is 0.000157. The molecule has 7 rings (SSSR count). The molecule has 236 valence electrons. The van der Waals surface area contributed by atoms with E-state index in [1.54, 1.807) is 4.90 Å². The van der Waals surface area contributed by atoms with Crippen LogP contribution in [0.3, 0.4) is 0 Å². The lowest BCUT2D eigenvalue weighted by Gasteiger charge is -2.31. The Hall–Kier alpha value is -5.34. The zero-order chi connectivity index (χ0) is 32.6. The molecular formula is C32H27F3N6O5. The van der Waals surface area contributed by atoms with Crippen LogP contribution in [0.15, 0.2) is 24.3 Å². The second-order valence-corrected chi connectivity index (χ2v) is 11.2. The van der Waals surface area contributed by atoms with Crippen molar-refractivity contribution in [2.24, 2.45) is 0 Å². The lowest BCUT2D eigenvalue weighted by molar-refractivity contribution is -0.122. The zero-order valence-electron chi connectivity index (χ0n) is 24.3. The second-order valence-electron chi connectivity index (χ2n) is 11.2. The van der Waals surface area contributed by atoms with E-state index in [0.29, 0.717) is 18.4 Å². The number of halogens is 3. The first-order valence-electron chi connectivity index (χ1n) is 14.4.